The van der Waals surface area contributed by atoms with Gasteiger partial charge in [-0.2, -0.15) is 0 Å². The second-order valence-electron chi connectivity index (χ2n) is 4.32. The molecule has 0 aliphatic rings. The van der Waals surface area contributed by atoms with Crippen molar-refractivity contribution in [2.24, 2.45) is 0 Å². The Morgan fingerprint density at radius 1 is 1.19 bits per heavy atom. The van der Waals surface area contributed by atoms with Gasteiger partial charge in [-0.3, -0.25) is 4.57 Å². The van der Waals surface area contributed by atoms with Gasteiger partial charge in [0.1, 0.15) is 11.3 Å². The lowest BCUT2D eigenvalue weighted by molar-refractivity contribution is 0.514. The van der Waals surface area contributed by atoms with Crippen LogP contribution in [0.2, 0.25) is 5.02 Å². The third-order valence-electron chi connectivity index (χ3n) is 3.05. The Labute approximate surface area is 137 Å². The second kappa shape index (κ2) is 5.55. The van der Waals surface area contributed by atoms with Gasteiger partial charge in [-0.1, -0.05) is 11.6 Å². The fourth-order valence-corrected chi connectivity index (χ4v) is 2.93. The highest BCUT2D eigenvalue weighted by Gasteiger charge is 2.19. The van der Waals surface area contributed by atoms with E-state index in [1.165, 1.54) is 10.6 Å². The van der Waals surface area contributed by atoms with Crippen LogP contribution in [0.25, 0.3) is 16.7 Å². The van der Waals surface area contributed by atoms with Crippen LogP contribution in [-0.4, -0.2) is 9.55 Å². The molecule has 0 aliphatic heterocycles. The summed E-state index contributed by atoms with van der Waals surface area (Å²) in [6.07, 6.45) is 0. The summed E-state index contributed by atoms with van der Waals surface area (Å²) in [7, 11) is 0. The summed E-state index contributed by atoms with van der Waals surface area (Å²) in [4.78, 5) is 4.24. The molecule has 0 atom stereocenters. The zero-order valence-electron chi connectivity index (χ0n) is 10.4. The first-order valence-electron chi connectivity index (χ1n) is 5.89. The van der Waals surface area contributed by atoms with Crippen LogP contribution in [-0.2, 0) is 5.88 Å². The van der Waals surface area contributed by atoms with E-state index < -0.39 is 11.6 Å². The van der Waals surface area contributed by atoms with Crippen LogP contribution >= 0.6 is 39.1 Å². The van der Waals surface area contributed by atoms with Crippen LogP contribution < -0.4 is 0 Å². The number of benzene rings is 2. The molecule has 3 aromatic rings. The monoisotopic (exact) mass is 390 g/mol. The number of fused-ring (bicyclic) bond motifs is 1. The maximum atomic E-state index is 14.2. The van der Waals surface area contributed by atoms with Crippen LogP contribution in [0.1, 0.15) is 5.82 Å². The molecular weight excluding hydrogens is 385 g/mol. The van der Waals surface area contributed by atoms with E-state index in [-0.39, 0.29) is 11.4 Å². The number of aromatic nitrogens is 2. The number of hydrogen-bond donors (Lipinski definition) is 0. The molecule has 21 heavy (non-hydrogen) atoms. The maximum absolute atomic E-state index is 14.2. The number of halogens is 5. The molecular formula is C14H7BrCl2F2N2. The molecule has 0 unspecified atom stereocenters. The first kappa shape index (κ1) is 14.8. The molecule has 0 aliphatic carbocycles. The van der Waals surface area contributed by atoms with Crippen molar-refractivity contribution in [1.29, 1.82) is 0 Å². The van der Waals surface area contributed by atoms with Gasteiger partial charge < -0.3 is 0 Å². The van der Waals surface area contributed by atoms with Crippen molar-refractivity contribution in [2.45, 2.75) is 5.88 Å². The number of alkyl halides is 1. The molecule has 108 valence electrons. The van der Waals surface area contributed by atoms with Gasteiger partial charge in [-0.15, -0.1) is 11.6 Å². The summed E-state index contributed by atoms with van der Waals surface area (Å²) in [5, 5.41) is 0.465. The zero-order chi connectivity index (χ0) is 15.1. The Morgan fingerprint density at radius 3 is 2.67 bits per heavy atom. The van der Waals surface area contributed by atoms with Gasteiger partial charge in [-0.05, 0) is 46.3 Å². The number of imidazole rings is 1. The number of rotatable bonds is 2. The van der Waals surface area contributed by atoms with E-state index in [1.807, 2.05) is 0 Å². The SMILES string of the molecule is Fc1ccc2nc(CCl)n(-c3cc(Cl)ccc3Br)c2c1F. The smallest absolute Gasteiger partial charge is 0.185 e. The van der Waals surface area contributed by atoms with Gasteiger partial charge in [0, 0.05) is 9.50 Å². The molecule has 0 fully saturated rings. The normalized spacial score (nSPS) is 11.3. The molecule has 2 aromatic carbocycles. The maximum Gasteiger partial charge on any atom is 0.185 e. The molecule has 1 aromatic heterocycles. The lowest BCUT2D eigenvalue weighted by Crippen LogP contribution is -2.02. The average Bonchev–Trinajstić information content (AvgIpc) is 2.84. The molecule has 2 nitrogen and oxygen atoms in total. The van der Waals surface area contributed by atoms with Crippen LogP contribution in [0.5, 0.6) is 0 Å². The summed E-state index contributed by atoms with van der Waals surface area (Å²) < 4.78 is 29.9. The van der Waals surface area contributed by atoms with Crippen molar-refractivity contribution in [3.8, 4) is 5.69 Å². The van der Waals surface area contributed by atoms with E-state index in [1.54, 1.807) is 18.2 Å². The van der Waals surface area contributed by atoms with Gasteiger partial charge in [-0.25, -0.2) is 13.8 Å². The Balaban J connectivity index is 2.45. The molecule has 0 spiro atoms. The first-order chi connectivity index (χ1) is 10.0. The van der Waals surface area contributed by atoms with E-state index in [0.717, 1.165) is 6.07 Å². The highest BCUT2D eigenvalue weighted by atomic mass is 79.9. The number of nitrogens with zero attached hydrogens (tertiary/aromatic N) is 2. The largest absolute Gasteiger partial charge is 0.291 e. The summed E-state index contributed by atoms with van der Waals surface area (Å²) in [5.74, 6) is -1.46. The lowest BCUT2D eigenvalue weighted by atomic mass is 10.2. The lowest BCUT2D eigenvalue weighted by Gasteiger charge is -2.11. The molecule has 0 saturated heterocycles. The summed E-state index contributed by atoms with van der Waals surface area (Å²) in [6.45, 7) is 0. The van der Waals surface area contributed by atoms with E-state index in [4.69, 9.17) is 23.2 Å². The van der Waals surface area contributed by atoms with Crippen molar-refractivity contribution < 1.29 is 8.78 Å². The van der Waals surface area contributed by atoms with Crippen LogP contribution in [0, 0.1) is 11.6 Å². The van der Waals surface area contributed by atoms with Crippen LogP contribution in [0.15, 0.2) is 34.8 Å². The van der Waals surface area contributed by atoms with E-state index in [0.29, 0.717) is 26.5 Å². The second-order valence-corrected chi connectivity index (χ2v) is 5.88. The molecule has 0 bridgehead atoms. The van der Waals surface area contributed by atoms with Crippen molar-refractivity contribution in [3.63, 3.8) is 0 Å². The van der Waals surface area contributed by atoms with E-state index in [9.17, 15) is 8.78 Å². The quantitative estimate of drug-likeness (QED) is 0.530. The molecule has 0 N–H and O–H groups in total. The third kappa shape index (κ3) is 2.43. The standard InChI is InChI=1S/C14H7BrCl2F2N2/c15-8-2-1-7(17)5-11(8)21-12(6-16)20-10-4-3-9(18)13(19)14(10)21/h1-5H,6H2. The Hall–Kier alpha value is -1.17. The van der Waals surface area contributed by atoms with Gasteiger partial charge in [0.15, 0.2) is 11.6 Å². The first-order valence-corrected chi connectivity index (χ1v) is 7.60. The van der Waals surface area contributed by atoms with Gasteiger partial charge >= 0.3 is 0 Å². The molecule has 0 radical (unpaired) electrons. The van der Waals surface area contributed by atoms with Gasteiger partial charge in [0.05, 0.1) is 17.1 Å². The highest BCUT2D eigenvalue weighted by molar-refractivity contribution is 9.10. The minimum absolute atomic E-state index is 0.0358. The molecule has 0 saturated carbocycles. The molecule has 0 amide bonds. The Morgan fingerprint density at radius 2 is 1.95 bits per heavy atom. The summed E-state index contributed by atoms with van der Waals surface area (Å²) >= 11 is 15.3. The Bertz CT molecular complexity index is 849. The fraction of sp³-hybridized carbons (Fsp3) is 0.0714. The van der Waals surface area contributed by atoms with Crippen molar-refractivity contribution in [2.75, 3.05) is 0 Å². The third-order valence-corrected chi connectivity index (χ3v) is 4.19. The molecule has 1 heterocycles. The average molecular weight is 392 g/mol. The summed E-state index contributed by atoms with van der Waals surface area (Å²) in [6, 6.07) is 7.50. The molecule has 3 rings (SSSR count). The van der Waals surface area contributed by atoms with Gasteiger partial charge in [0.25, 0.3) is 0 Å². The minimum Gasteiger partial charge on any atom is -0.291 e. The predicted molar refractivity (Wildman–Crippen MR) is 83.3 cm³/mol. The molecule has 7 heteroatoms. The van der Waals surface area contributed by atoms with Crippen molar-refractivity contribution >= 4 is 50.2 Å². The fourth-order valence-electron chi connectivity index (χ4n) is 2.16. The minimum atomic E-state index is -0.969. The van der Waals surface area contributed by atoms with E-state index in [2.05, 4.69) is 20.9 Å². The van der Waals surface area contributed by atoms with Gasteiger partial charge in [0.2, 0.25) is 0 Å². The van der Waals surface area contributed by atoms with Crippen LogP contribution in [0.4, 0.5) is 8.78 Å². The van der Waals surface area contributed by atoms with Crippen molar-refractivity contribution in [1.82, 2.24) is 9.55 Å². The number of hydrogen-bond acceptors (Lipinski definition) is 1. The van der Waals surface area contributed by atoms with E-state index >= 15 is 0 Å². The summed E-state index contributed by atoms with van der Waals surface area (Å²) in [5.41, 5.74) is 0.912. The Kier molecular flexibility index (Phi) is 3.90. The predicted octanol–water partition coefficient (Wildman–Crippen LogP) is 5.46. The highest BCUT2D eigenvalue weighted by Crippen LogP contribution is 2.31. The zero-order valence-corrected chi connectivity index (χ0v) is 13.5. The topological polar surface area (TPSA) is 17.8 Å². The van der Waals surface area contributed by atoms with Crippen molar-refractivity contribution in [3.05, 3.63) is 57.3 Å². The van der Waals surface area contributed by atoms with Crippen LogP contribution in [0.3, 0.4) is 0 Å².